The van der Waals surface area contributed by atoms with Gasteiger partial charge >= 0.3 is 12.0 Å². The average molecular weight is 299 g/mol. The first-order chi connectivity index (χ1) is 9.31. The second-order valence-electron chi connectivity index (χ2n) is 5.01. The van der Waals surface area contributed by atoms with E-state index in [1.807, 2.05) is 26.0 Å². The largest absolute Gasteiger partial charge is 0.481 e. The normalized spacial score (nSPS) is 10.9. The van der Waals surface area contributed by atoms with E-state index < -0.39 is 11.5 Å². The zero-order chi connectivity index (χ0) is 15.2. The lowest BCUT2D eigenvalue weighted by atomic mass is 9.94. The fourth-order valence-electron chi connectivity index (χ4n) is 1.72. The fraction of sp³-hybridized carbons (Fsp3) is 0.429. The van der Waals surface area contributed by atoms with Gasteiger partial charge in [-0.1, -0.05) is 23.7 Å². The van der Waals surface area contributed by atoms with Gasteiger partial charge in [0.2, 0.25) is 0 Å². The predicted octanol–water partition coefficient (Wildman–Crippen LogP) is 2.74. The summed E-state index contributed by atoms with van der Waals surface area (Å²) >= 11 is 5.94. The number of hydrogen-bond donors (Lipinski definition) is 3. The number of carbonyl (C=O) groups is 2. The predicted molar refractivity (Wildman–Crippen MR) is 77.9 cm³/mol. The lowest BCUT2D eigenvalue weighted by Gasteiger charge is -2.27. The van der Waals surface area contributed by atoms with Crippen LogP contribution in [-0.2, 0) is 10.3 Å². The summed E-state index contributed by atoms with van der Waals surface area (Å²) in [5.74, 6) is -0.869. The van der Waals surface area contributed by atoms with Crippen molar-refractivity contribution in [3.8, 4) is 0 Å². The van der Waals surface area contributed by atoms with Gasteiger partial charge in [-0.2, -0.15) is 0 Å². The number of rotatable bonds is 6. The van der Waals surface area contributed by atoms with Gasteiger partial charge in [-0.25, -0.2) is 4.79 Å². The molecule has 1 rings (SSSR count). The summed E-state index contributed by atoms with van der Waals surface area (Å²) in [5, 5.41) is 14.6. The van der Waals surface area contributed by atoms with E-state index in [0.29, 0.717) is 18.0 Å². The molecular weight excluding hydrogens is 280 g/mol. The fourth-order valence-corrected chi connectivity index (χ4v) is 1.91. The number of halogens is 1. The number of urea groups is 1. The third kappa shape index (κ3) is 5.48. The molecule has 1 aromatic carbocycles. The third-order valence-corrected chi connectivity index (χ3v) is 3.06. The lowest BCUT2D eigenvalue weighted by molar-refractivity contribution is -0.137. The second-order valence-corrected chi connectivity index (χ2v) is 5.45. The highest BCUT2D eigenvalue weighted by Gasteiger charge is 2.22. The Morgan fingerprint density at radius 3 is 2.65 bits per heavy atom. The van der Waals surface area contributed by atoms with Crippen molar-refractivity contribution in [2.75, 3.05) is 6.54 Å². The second kappa shape index (κ2) is 7.14. The Bertz CT molecular complexity index is 489. The number of benzene rings is 1. The first kappa shape index (κ1) is 16.3. The maximum atomic E-state index is 11.8. The zero-order valence-corrected chi connectivity index (χ0v) is 12.3. The van der Waals surface area contributed by atoms with Crippen molar-refractivity contribution >= 4 is 23.6 Å². The molecule has 6 heteroatoms. The number of amides is 2. The van der Waals surface area contributed by atoms with E-state index in [2.05, 4.69) is 10.6 Å². The molecule has 0 aromatic heterocycles. The number of carbonyl (C=O) groups excluding carboxylic acids is 1. The number of nitrogens with one attached hydrogen (secondary N) is 2. The molecule has 0 atom stereocenters. The van der Waals surface area contributed by atoms with Gasteiger partial charge in [-0.05, 0) is 38.0 Å². The first-order valence-electron chi connectivity index (χ1n) is 6.35. The van der Waals surface area contributed by atoms with Crippen molar-refractivity contribution in [2.45, 2.75) is 32.2 Å². The molecule has 5 nitrogen and oxygen atoms in total. The number of aliphatic carboxylic acids is 1. The molecule has 0 aliphatic heterocycles. The highest BCUT2D eigenvalue weighted by atomic mass is 35.5. The SMILES string of the molecule is CC(C)(NC(=O)NCCCC(=O)O)c1cccc(Cl)c1. The van der Waals surface area contributed by atoms with Crippen molar-refractivity contribution in [3.63, 3.8) is 0 Å². The van der Waals surface area contributed by atoms with Crippen molar-refractivity contribution in [3.05, 3.63) is 34.9 Å². The van der Waals surface area contributed by atoms with E-state index in [1.165, 1.54) is 0 Å². The van der Waals surface area contributed by atoms with Gasteiger partial charge in [-0.15, -0.1) is 0 Å². The van der Waals surface area contributed by atoms with Crippen molar-refractivity contribution in [2.24, 2.45) is 0 Å². The minimum absolute atomic E-state index is 0.0396. The number of hydrogen-bond acceptors (Lipinski definition) is 2. The maximum absolute atomic E-state index is 11.8. The van der Waals surface area contributed by atoms with Crippen LogP contribution < -0.4 is 10.6 Å². The number of carboxylic acids is 1. The standard InChI is InChI=1S/C14H19ClN2O3/c1-14(2,10-5-3-6-11(15)9-10)17-13(20)16-8-4-7-12(18)19/h3,5-6,9H,4,7-8H2,1-2H3,(H,18,19)(H2,16,17,20). The maximum Gasteiger partial charge on any atom is 0.315 e. The molecule has 0 aliphatic carbocycles. The minimum Gasteiger partial charge on any atom is -0.481 e. The van der Waals surface area contributed by atoms with Gasteiger partial charge in [0.1, 0.15) is 0 Å². The van der Waals surface area contributed by atoms with E-state index >= 15 is 0 Å². The molecule has 0 unspecified atom stereocenters. The molecule has 2 amide bonds. The van der Waals surface area contributed by atoms with Crippen LogP contribution in [0.5, 0.6) is 0 Å². The van der Waals surface area contributed by atoms with E-state index in [4.69, 9.17) is 16.7 Å². The molecule has 1 aromatic rings. The van der Waals surface area contributed by atoms with Crippen LogP contribution in [0.3, 0.4) is 0 Å². The number of carboxylic acid groups (broad SMARTS) is 1. The molecule has 0 fully saturated rings. The van der Waals surface area contributed by atoms with Crippen LogP contribution in [0.1, 0.15) is 32.3 Å². The van der Waals surface area contributed by atoms with Crippen LogP contribution in [0.4, 0.5) is 4.79 Å². The Balaban J connectivity index is 2.49. The van der Waals surface area contributed by atoms with Gasteiger partial charge in [0, 0.05) is 18.0 Å². The van der Waals surface area contributed by atoms with Gasteiger partial charge in [0.05, 0.1) is 5.54 Å². The molecule has 0 spiro atoms. The van der Waals surface area contributed by atoms with Crippen molar-refractivity contribution < 1.29 is 14.7 Å². The van der Waals surface area contributed by atoms with Crippen molar-refractivity contribution in [1.82, 2.24) is 10.6 Å². The van der Waals surface area contributed by atoms with Crippen LogP contribution in [0.15, 0.2) is 24.3 Å². The quantitative estimate of drug-likeness (QED) is 0.707. The molecule has 0 saturated carbocycles. The molecular formula is C14H19ClN2O3. The summed E-state index contributed by atoms with van der Waals surface area (Å²) in [4.78, 5) is 22.1. The van der Waals surface area contributed by atoms with Crippen LogP contribution in [0.25, 0.3) is 0 Å². The summed E-state index contributed by atoms with van der Waals surface area (Å²) in [6.45, 7) is 4.06. The van der Waals surface area contributed by atoms with Gasteiger partial charge < -0.3 is 15.7 Å². The smallest absolute Gasteiger partial charge is 0.315 e. The average Bonchev–Trinajstić information content (AvgIpc) is 2.34. The van der Waals surface area contributed by atoms with Crippen LogP contribution in [0, 0.1) is 0 Å². The molecule has 20 heavy (non-hydrogen) atoms. The minimum atomic E-state index is -0.869. The molecule has 110 valence electrons. The van der Waals surface area contributed by atoms with Crippen LogP contribution >= 0.6 is 11.6 Å². The summed E-state index contributed by atoms with van der Waals surface area (Å²) in [6, 6.07) is 6.95. The van der Waals surface area contributed by atoms with E-state index in [9.17, 15) is 9.59 Å². The summed E-state index contributed by atoms with van der Waals surface area (Å²) in [6.07, 6.45) is 0.443. The van der Waals surface area contributed by atoms with Gasteiger partial charge in [0.25, 0.3) is 0 Å². The van der Waals surface area contributed by atoms with E-state index in [0.717, 1.165) is 5.56 Å². The molecule has 0 saturated heterocycles. The molecule has 0 heterocycles. The Morgan fingerprint density at radius 2 is 2.05 bits per heavy atom. The Labute approximate surface area is 123 Å². The van der Waals surface area contributed by atoms with Gasteiger partial charge in [0.15, 0.2) is 0 Å². The van der Waals surface area contributed by atoms with Gasteiger partial charge in [-0.3, -0.25) is 4.79 Å². The van der Waals surface area contributed by atoms with E-state index in [-0.39, 0.29) is 12.5 Å². The Morgan fingerprint density at radius 1 is 1.35 bits per heavy atom. The third-order valence-electron chi connectivity index (χ3n) is 2.83. The Hall–Kier alpha value is -1.75. The summed E-state index contributed by atoms with van der Waals surface area (Å²) in [5.41, 5.74) is 0.326. The molecule has 3 N–H and O–H groups in total. The van der Waals surface area contributed by atoms with Crippen molar-refractivity contribution in [1.29, 1.82) is 0 Å². The molecule has 0 bridgehead atoms. The molecule has 0 aliphatic rings. The first-order valence-corrected chi connectivity index (χ1v) is 6.73. The highest BCUT2D eigenvalue weighted by Crippen LogP contribution is 2.22. The molecule has 0 radical (unpaired) electrons. The highest BCUT2D eigenvalue weighted by molar-refractivity contribution is 6.30. The topological polar surface area (TPSA) is 78.4 Å². The zero-order valence-electron chi connectivity index (χ0n) is 11.6. The van der Waals surface area contributed by atoms with E-state index in [1.54, 1.807) is 12.1 Å². The summed E-state index contributed by atoms with van der Waals surface area (Å²) < 4.78 is 0. The van der Waals surface area contributed by atoms with Crippen LogP contribution in [0.2, 0.25) is 5.02 Å². The Kier molecular flexibility index (Phi) is 5.82. The lowest BCUT2D eigenvalue weighted by Crippen LogP contribution is -2.46. The van der Waals surface area contributed by atoms with Crippen LogP contribution in [-0.4, -0.2) is 23.7 Å². The summed E-state index contributed by atoms with van der Waals surface area (Å²) in [7, 11) is 0. The monoisotopic (exact) mass is 298 g/mol.